The zero-order valence-corrected chi connectivity index (χ0v) is 33.0. The van der Waals surface area contributed by atoms with Crippen LogP contribution in [0, 0.1) is 23.8 Å². The molecule has 0 aliphatic rings. The number of nitrogens with zero attached hydrogens (tertiary/aromatic N) is 3. The Morgan fingerprint density at radius 2 is 1.51 bits per heavy atom. The molecule has 0 atom stereocenters. The molecule has 1 radical (unpaired) electrons. The van der Waals surface area contributed by atoms with Crippen molar-refractivity contribution >= 4 is 27.5 Å². The molecule has 263 valence electrons. The van der Waals surface area contributed by atoms with Crippen molar-refractivity contribution in [3.8, 4) is 22.6 Å². The van der Waals surface area contributed by atoms with Crippen LogP contribution in [0.3, 0.4) is 0 Å². The van der Waals surface area contributed by atoms with E-state index in [1.165, 1.54) is 22.6 Å². The normalized spacial score (nSPS) is 12.0. The molecule has 2 aromatic carbocycles. The average molecular weight is 839 g/mol. The third-order valence-electron chi connectivity index (χ3n) is 9.04. The van der Waals surface area contributed by atoms with Crippen molar-refractivity contribution in [3.63, 3.8) is 0 Å². The molecule has 0 spiro atoms. The molecule has 0 fully saturated rings. The summed E-state index contributed by atoms with van der Waals surface area (Å²) in [6, 6.07) is 18.1. The van der Waals surface area contributed by atoms with Crippen LogP contribution in [0.15, 0.2) is 77.5 Å². The predicted octanol–water partition coefficient (Wildman–Crippen LogP) is 11.3. The van der Waals surface area contributed by atoms with Gasteiger partial charge in [-0.25, -0.2) is 4.98 Å². The largest absolute Gasteiger partial charge is 0.512 e. The van der Waals surface area contributed by atoms with Gasteiger partial charge in [0.15, 0.2) is 5.78 Å². The van der Waals surface area contributed by atoms with E-state index in [4.69, 9.17) is 9.40 Å². The van der Waals surface area contributed by atoms with Crippen LogP contribution in [0.4, 0.5) is 0 Å². The Hall–Kier alpha value is -3.67. The number of carbonyl (C=O) groups excluding carboxylic acids is 1. The Kier molecular flexibility index (Phi) is 14.5. The fourth-order valence-electron chi connectivity index (χ4n) is 6.12. The van der Waals surface area contributed by atoms with E-state index >= 15 is 0 Å². The second-order valence-electron chi connectivity index (χ2n) is 14.1. The molecule has 3 aromatic heterocycles. The summed E-state index contributed by atoms with van der Waals surface area (Å²) in [4.78, 5) is 25.5. The molecular weight excluding hydrogens is 787 g/mol. The number of ketones is 1. The molecule has 49 heavy (non-hydrogen) atoms. The summed E-state index contributed by atoms with van der Waals surface area (Å²) >= 11 is 0. The standard InChI is InChI=1S/C29H28N3O.C13H24O2.Ir/c1-18(2)10-21-16-33-28-14-27(30-15-23(21)28)26-13-25(31-17-32-26)20-11-19-8-6-7-9-22(19)24(12-20)29(3,4)5;1-5-10(6-2)12(14)9-13(15)11(7-3)8-4;/h6-9,12-18H,10H2,1-5H3;9-11,14H,5-8H2,1-4H3;/q-1;;/b;12-9-;. The number of benzene rings is 2. The number of hydrogen-bond donors (Lipinski definition) is 1. The number of pyridine rings is 1. The molecule has 0 aliphatic carbocycles. The number of allylic oxidation sites excluding steroid dienone is 2. The zero-order chi connectivity index (χ0) is 35.0. The van der Waals surface area contributed by atoms with Crippen molar-refractivity contribution in [2.24, 2.45) is 17.8 Å². The summed E-state index contributed by atoms with van der Waals surface area (Å²) in [5, 5.41) is 13.1. The molecule has 5 rings (SSSR count). The van der Waals surface area contributed by atoms with Gasteiger partial charge in [0, 0.05) is 66.9 Å². The minimum Gasteiger partial charge on any atom is -0.512 e. The maximum atomic E-state index is 11.7. The van der Waals surface area contributed by atoms with E-state index in [1.807, 2.05) is 52.3 Å². The number of hydrogen-bond acceptors (Lipinski definition) is 6. The van der Waals surface area contributed by atoms with E-state index in [2.05, 4.69) is 81.0 Å². The second-order valence-corrected chi connectivity index (χ2v) is 14.1. The fraction of sp³-hybridized carbons (Fsp3) is 0.429. The first kappa shape index (κ1) is 39.8. The van der Waals surface area contributed by atoms with Gasteiger partial charge in [0.25, 0.3) is 0 Å². The Labute approximate surface area is 306 Å². The van der Waals surface area contributed by atoms with Crippen LogP contribution >= 0.6 is 0 Å². The monoisotopic (exact) mass is 839 g/mol. The van der Waals surface area contributed by atoms with Crippen molar-refractivity contribution in [3.05, 3.63) is 90.3 Å². The van der Waals surface area contributed by atoms with Crippen molar-refractivity contribution in [2.75, 3.05) is 0 Å². The van der Waals surface area contributed by atoms with E-state index < -0.39 is 0 Å². The zero-order valence-electron chi connectivity index (χ0n) is 30.6. The van der Waals surface area contributed by atoms with Crippen LogP contribution in [-0.4, -0.2) is 25.8 Å². The van der Waals surface area contributed by atoms with Gasteiger partial charge in [-0.15, -0.1) is 29.1 Å². The molecule has 1 N–H and O–H groups in total. The summed E-state index contributed by atoms with van der Waals surface area (Å²) in [6.45, 7) is 19.2. The van der Waals surface area contributed by atoms with Gasteiger partial charge in [0.1, 0.15) is 11.9 Å². The maximum absolute atomic E-state index is 11.7. The fourth-order valence-corrected chi connectivity index (χ4v) is 6.12. The molecule has 0 saturated carbocycles. The maximum Gasteiger partial charge on any atom is 0.162 e. The summed E-state index contributed by atoms with van der Waals surface area (Å²) in [5.74, 6) is 1.11. The van der Waals surface area contributed by atoms with Crippen LogP contribution in [0.2, 0.25) is 0 Å². The topological polar surface area (TPSA) is 89.1 Å². The van der Waals surface area contributed by atoms with E-state index in [1.54, 1.807) is 6.33 Å². The third-order valence-corrected chi connectivity index (χ3v) is 9.04. The van der Waals surface area contributed by atoms with Crippen molar-refractivity contribution in [1.82, 2.24) is 15.0 Å². The minimum atomic E-state index is -0.00111. The average Bonchev–Trinajstić information content (AvgIpc) is 3.46. The molecule has 0 unspecified atom stereocenters. The van der Waals surface area contributed by atoms with Crippen molar-refractivity contribution < 1.29 is 34.4 Å². The molecule has 0 amide bonds. The van der Waals surface area contributed by atoms with Crippen LogP contribution in [0.5, 0.6) is 0 Å². The molecule has 0 saturated heterocycles. The Morgan fingerprint density at radius 1 is 0.878 bits per heavy atom. The first-order valence-corrected chi connectivity index (χ1v) is 17.5. The molecule has 5 aromatic rings. The van der Waals surface area contributed by atoms with Crippen molar-refractivity contribution in [1.29, 1.82) is 0 Å². The quantitative estimate of drug-likeness (QED) is 0.0810. The number of aliphatic hydroxyl groups is 1. The van der Waals surface area contributed by atoms with Crippen LogP contribution in [0.25, 0.3) is 44.4 Å². The number of aromatic nitrogens is 3. The van der Waals surface area contributed by atoms with Crippen LogP contribution < -0.4 is 0 Å². The SMILES string of the molecule is CC(C)Cc1coc2cc(-c3cc(-c4[c-]c5ccccc5c(C(C)(C)C)c4)ncn3)ncc12.CCC(CC)C(=O)/C=C(\O)C(CC)CC.[Ir]. The number of aliphatic hydroxyl groups excluding tert-OH is 1. The summed E-state index contributed by atoms with van der Waals surface area (Å²) in [7, 11) is 0. The number of furan rings is 1. The first-order valence-electron chi connectivity index (χ1n) is 17.5. The van der Waals surface area contributed by atoms with Gasteiger partial charge < -0.3 is 9.52 Å². The second kappa shape index (κ2) is 17.8. The summed E-state index contributed by atoms with van der Waals surface area (Å²) in [5.41, 5.74) is 6.64. The van der Waals surface area contributed by atoms with E-state index in [0.29, 0.717) is 5.92 Å². The Balaban J connectivity index is 0.000000347. The van der Waals surface area contributed by atoms with Crippen molar-refractivity contribution in [2.45, 2.75) is 99.8 Å². The molecular formula is C42H52IrN3O3-. The minimum absolute atomic E-state index is 0. The van der Waals surface area contributed by atoms with E-state index in [-0.39, 0.29) is 48.9 Å². The molecule has 0 bridgehead atoms. The van der Waals surface area contributed by atoms with Crippen LogP contribution in [-0.2, 0) is 36.7 Å². The van der Waals surface area contributed by atoms with Gasteiger partial charge >= 0.3 is 0 Å². The van der Waals surface area contributed by atoms with Gasteiger partial charge in [0.2, 0.25) is 0 Å². The Morgan fingerprint density at radius 3 is 2.14 bits per heavy atom. The summed E-state index contributed by atoms with van der Waals surface area (Å²) in [6.07, 6.45) is 11.2. The number of carbonyl (C=O) groups is 1. The van der Waals surface area contributed by atoms with Gasteiger partial charge in [0.05, 0.1) is 23.4 Å². The smallest absolute Gasteiger partial charge is 0.162 e. The molecule has 7 heteroatoms. The van der Waals surface area contributed by atoms with E-state index in [9.17, 15) is 9.90 Å². The predicted molar refractivity (Wildman–Crippen MR) is 198 cm³/mol. The van der Waals surface area contributed by atoms with Gasteiger partial charge in [-0.3, -0.25) is 14.8 Å². The summed E-state index contributed by atoms with van der Waals surface area (Å²) < 4.78 is 5.84. The molecule has 0 aliphatic heterocycles. The van der Waals surface area contributed by atoms with Crippen LogP contribution in [0.1, 0.15) is 99.1 Å². The number of rotatable bonds is 11. The van der Waals surface area contributed by atoms with Gasteiger partial charge in [-0.1, -0.05) is 91.5 Å². The molecule has 6 nitrogen and oxygen atoms in total. The Bertz CT molecular complexity index is 1860. The van der Waals surface area contributed by atoms with Gasteiger partial charge in [-0.2, -0.15) is 0 Å². The van der Waals surface area contributed by atoms with Gasteiger partial charge in [-0.05, 0) is 49.5 Å². The van der Waals surface area contributed by atoms with E-state index in [0.717, 1.165) is 71.1 Å². The third kappa shape index (κ3) is 9.95. The first-order chi connectivity index (χ1) is 22.9. The number of fused-ring (bicyclic) bond motifs is 2. The molecule has 3 heterocycles.